The molecule has 0 aromatic heterocycles. The maximum atomic E-state index is 13.1. The second kappa shape index (κ2) is 8.22. The average Bonchev–Trinajstić information content (AvgIpc) is 3.36. The molecule has 25 heavy (non-hydrogen) atoms. The Morgan fingerprint density at radius 1 is 1.20 bits per heavy atom. The van der Waals surface area contributed by atoms with Crippen molar-refractivity contribution in [3.63, 3.8) is 0 Å². The summed E-state index contributed by atoms with van der Waals surface area (Å²) in [5.41, 5.74) is 4.37. The SMILES string of the molecule is NC(=O)NCCCCC(=O)N(Cc1ccccc1C(F)(F)F)C1CC1. The van der Waals surface area contributed by atoms with Gasteiger partial charge in [-0.1, -0.05) is 18.2 Å². The van der Waals surface area contributed by atoms with Crippen molar-refractivity contribution in [3.05, 3.63) is 35.4 Å². The third kappa shape index (κ3) is 5.95. The van der Waals surface area contributed by atoms with Gasteiger partial charge in [0, 0.05) is 25.6 Å². The van der Waals surface area contributed by atoms with Crippen LogP contribution < -0.4 is 11.1 Å². The van der Waals surface area contributed by atoms with Crippen LogP contribution in [0.15, 0.2) is 24.3 Å². The molecule has 0 bridgehead atoms. The van der Waals surface area contributed by atoms with E-state index in [1.807, 2.05) is 0 Å². The molecular weight excluding hydrogens is 335 g/mol. The van der Waals surface area contributed by atoms with Crippen molar-refractivity contribution in [3.8, 4) is 0 Å². The summed E-state index contributed by atoms with van der Waals surface area (Å²) in [5, 5.41) is 2.44. The second-order valence-electron chi connectivity index (χ2n) is 6.16. The van der Waals surface area contributed by atoms with Gasteiger partial charge >= 0.3 is 12.2 Å². The number of nitrogens with two attached hydrogens (primary N) is 1. The fourth-order valence-corrected chi connectivity index (χ4v) is 2.68. The first kappa shape index (κ1) is 19.1. The van der Waals surface area contributed by atoms with E-state index in [2.05, 4.69) is 5.32 Å². The fraction of sp³-hybridized carbons (Fsp3) is 0.529. The highest BCUT2D eigenvalue weighted by molar-refractivity contribution is 5.77. The van der Waals surface area contributed by atoms with Crippen LogP contribution in [0.2, 0.25) is 0 Å². The minimum Gasteiger partial charge on any atom is -0.352 e. The van der Waals surface area contributed by atoms with Crippen molar-refractivity contribution in [1.82, 2.24) is 10.2 Å². The molecule has 0 saturated heterocycles. The zero-order valence-electron chi connectivity index (χ0n) is 13.8. The van der Waals surface area contributed by atoms with Gasteiger partial charge in [0.05, 0.1) is 5.56 Å². The fourth-order valence-electron chi connectivity index (χ4n) is 2.68. The molecule has 5 nitrogen and oxygen atoms in total. The van der Waals surface area contributed by atoms with E-state index in [0.29, 0.717) is 19.4 Å². The Labute approximate surface area is 144 Å². The summed E-state index contributed by atoms with van der Waals surface area (Å²) in [6.45, 7) is 0.349. The number of urea groups is 1. The predicted molar refractivity (Wildman–Crippen MR) is 86.5 cm³/mol. The van der Waals surface area contributed by atoms with Gasteiger partial charge in [0.15, 0.2) is 0 Å². The van der Waals surface area contributed by atoms with Crippen molar-refractivity contribution in [2.75, 3.05) is 6.54 Å². The quantitative estimate of drug-likeness (QED) is 0.702. The molecule has 3 N–H and O–H groups in total. The molecular formula is C17H22F3N3O2. The van der Waals surface area contributed by atoms with Gasteiger partial charge < -0.3 is 16.0 Å². The molecule has 1 aliphatic carbocycles. The normalized spacial score (nSPS) is 14.2. The van der Waals surface area contributed by atoms with Gasteiger partial charge in [-0.25, -0.2) is 4.79 Å². The highest BCUT2D eigenvalue weighted by Crippen LogP contribution is 2.35. The van der Waals surface area contributed by atoms with Gasteiger partial charge in [0.1, 0.15) is 0 Å². The molecule has 0 radical (unpaired) electrons. The van der Waals surface area contributed by atoms with Gasteiger partial charge in [-0.15, -0.1) is 0 Å². The number of halogens is 3. The lowest BCUT2D eigenvalue weighted by atomic mass is 10.1. The molecule has 0 spiro atoms. The van der Waals surface area contributed by atoms with E-state index in [9.17, 15) is 22.8 Å². The first-order valence-corrected chi connectivity index (χ1v) is 8.27. The van der Waals surface area contributed by atoms with Crippen LogP contribution in [0.3, 0.4) is 0 Å². The van der Waals surface area contributed by atoms with Gasteiger partial charge in [-0.05, 0) is 37.3 Å². The number of primary amides is 1. The van der Waals surface area contributed by atoms with E-state index in [1.54, 1.807) is 11.0 Å². The summed E-state index contributed by atoms with van der Waals surface area (Å²) >= 11 is 0. The van der Waals surface area contributed by atoms with E-state index < -0.39 is 17.8 Å². The summed E-state index contributed by atoms with van der Waals surface area (Å²) in [4.78, 5) is 24.5. The van der Waals surface area contributed by atoms with Crippen LogP contribution in [0, 0.1) is 0 Å². The number of unbranched alkanes of at least 4 members (excludes halogenated alkanes) is 1. The number of benzene rings is 1. The van der Waals surface area contributed by atoms with Crippen LogP contribution in [0.1, 0.15) is 43.2 Å². The summed E-state index contributed by atoms with van der Waals surface area (Å²) in [5.74, 6) is -0.154. The van der Waals surface area contributed by atoms with Gasteiger partial charge in [0.2, 0.25) is 5.91 Å². The Balaban J connectivity index is 1.95. The van der Waals surface area contributed by atoms with Crippen LogP contribution in [0.5, 0.6) is 0 Å². The minimum atomic E-state index is -4.44. The van der Waals surface area contributed by atoms with Crippen molar-refractivity contribution < 1.29 is 22.8 Å². The van der Waals surface area contributed by atoms with Gasteiger partial charge in [0.25, 0.3) is 0 Å². The van der Waals surface area contributed by atoms with Crippen molar-refractivity contribution >= 4 is 11.9 Å². The number of carbonyl (C=O) groups is 2. The molecule has 3 amide bonds. The molecule has 0 unspecified atom stereocenters. The Kier molecular flexibility index (Phi) is 6.27. The third-order valence-electron chi connectivity index (χ3n) is 4.09. The van der Waals surface area contributed by atoms with Crippen molar-refractivity contribution in [2.45, 2.75) is 50.9 Å². The smallest absolute Gasteiger partial charge is 0.352 e. The zero-order chi connectivity index (χ0) is 18.4. The Bertz CT molecular complexity index is 615. The highest BCUT2D eigenvalue weighted by atomic mass is 19.4. The molecule has 0 aliphatic heterocycles. The van der Waals surface area contributed by atoms with E-state index in [-0.39, 0.29) is 30.5 Å². The molecule has 138 valence electrons. The molecule has 1 aromatic carbocycles. The number of hydrogen-bond acceptors (Lipinski definition) is 2. The molecule has 1 aliphatic rings. The van der Waals surface area contributed by atoms with Crippen LogP contribution in [-0.2, 0) is 17.5 Å². The van der Waals surface area contributed by atoms with Gasteiger partial charge in [-0.2, -0.15) is 13.2 Å². The predicted octanol–water partition coefficient (Wildman–Crippen LogP) is 3.04. The van der Waals surface area contributed by atoms with E-state index in [4.69, 9.17) is 5.73 Å². The molecule has 1 aromatic rings. The maximum Gasteiger partial charge on any atom is 0.416 e. The Morgan fingerprint density at radius 3 is 2.48 bits per heavy atom. The number of alkyl halides is 3. The van der Waals surface area contributed by atoms with E-state index in [1.165, 1.54) is 12.1 Å². The van der Waals surface area contributed by atoms with Crippen molar-refractivity contribution in [2.24, 2.45) is 5.73 Å². The van der Waals surface area contributed by atoms with Crippen molar-refractivity contribution in [1.29, 1.82) is 0 Å². The molecule has 2 rings (SSSR count). The Hall–Kier alpha value is -2.25. The summed E-state index contributed by atoms with van der Waals surface area (Å²) < 4.78 is 39.4. The lowest BCUT2D eigenvalue weighted by Crippen LogP contribution is -2.33. The molecule has 0 atom stereocenters. The van der Waals surface area contributed by atoms with E-state index in [0.717, 1.165) is 18.9 Å². The zero-order valence-corrected chi connectivity index (χ0v) is 13.8. The molecule has 8 heteroatoms. The number of nitrogens with zero attached hydrogens (tertiary/aromatic N) is 1. The lowest BCUT2D eigenvalue weighted by Gasteiger charge is -2.24. The lowest BCUT2D eigenvalue weighted by molar-refractivity contribution is -0.140. The van der Waals surface area contributed by atoms with Crippen LogP contribution in [0.25, 0.3) is 0 Å². The second-order valence-corrected chi connectivity index (χ2v) is 6.16. The summed E-state index contributed by atoms with van der Waals surface area (Å²) in [6, 6.07) is 4.77. The topological polar surface area (TPSA) is 75.4 Å². The van der Waals surface area contributed by atoms with Gasteiger partial charge in [-0.3, -0.25) is 4.79 Å². The highest BCUT2D eigenvalue weighted by Gasteiger charge is 2.36. The average molecular weight is 357 g/mol. The first-order chi connectivity index (χ1) is 11.8. The number of amides is 3. The van der Waals surface area contributed by atoms with Crippen LogP contribution >= 0.6 is 0 Å². The van der Waals surface area contributed by atoms with Crippen LogP contribution in [-0.4, -0.2) is 29.4 Å². The molecule has 0 heterocycles. The Morgan fingerprint density at radius 2 is 1.88 bits per heavy atom. The number of hydrogen-bond donors (Lipinski definition) is 2. The number of rotatable bonds is 8. The van der Waals surface area contributed by atoms with Crippen LogP contribution in [0.4, 0.5) is 18.0 Å². The summed E-state index contributed by atoms with van der Waals surface area (Å²) in [6.07, 6.45) is -1.41. The number of carbonyl (C=O) groups excluding carboxylic acids is 2. The van der Waals surface area contributed by atoms with E-state index >= 15 is 0 Å². The third-order valence-corrected chi connectivity index (χ3v) is 4.09. The first-order valence-electron chi connectivity index (χ1n) is 8.27. The largest absolute Gasteiger partial charge is 0.416 e. The standard InChI is InChI=1S/C17H22F3N3O2/c18-17(19,20)14-6-2-1-5-12(14)11-23(13-8-9-13)15(24)7-3-4-10-22-16(21)25/h1-2,5-6,13H,3-4,7-11H2,(H3,21,22,25). The monoisotopic (exact) mass is 357 g/mol. The minimum absolute atomic E-state index is 0.0255. The number of nitrogens with one attached hydrogen (secondary N) is 1. The summed E-state index contributed by atoms with van der Waals surface area (Å²) in [7, 11) is 0. The maximum absolute atomic E-state index is 13.1. The molecule has 1 fully saturated rings. The molecule has 1 saturated carbocycles.